The molecule has 2 N–H and O–H groups in total. The van der Waals surface area contributed by atoms with Gasteiger partial charge < -0.3 is 10.5 Å². The van der Waals surface area contributed by atoms with Crippen LogP contribution in [0.1, 0.15) is 11.1 Å². The van der Waals surface area contributed by atoms with Crippen molar-refractivity contribution in [2.75, 3.05) is 5.73 Å². The lowest BCUT2D eigenvalue weighted by Gasteiger charge is -2.10. The molecule has 0 aliphatic heterocycles. The van der Waals surface area contributed by atoms with E-state index in [-0.39, 0.29) is 18.0 Å². The maximum Gasteiger partial charge on any atom is 0.292 e. The van der Waals surface area contributed by atoms with Gasteiger partial charge >= 0.3 is 0 Å². The molecule has 0 saturated heterocycles. The van der Waals surface area contributed by atoms with Gasteiger partial charge in [-0.1, -0.05) is 29.8 Å². The van der Waals surface area contributed by atoms with Gasteiger partial charge in [-0.3, -0.25) is 10.1 Å². The molecule has 0 spiro atoms. The van der Waals surface area contributed by atoms with Gasteiger partial charge in [0.15, 0.2) is 0 Å². The van der Waals surface area contributed by atoms with Crippen LogP contribution in [0.3, 0.4) is 0 Å². The molecule has 0 heterocycles. The molecule has 0 fully saturated rings. The number of hydrogen-bond acceptors (Lipinski definition) is 4. The highest BCUT2D eigenvalue weighted by Crippen LogP contribution is 2.29. The molecule has 0 unspecified atom stereocenters. The quantitative estimate of drug-likeness (QED) is 0.529. The Morgan fingerprint density at radius 3 is 2.80 bits per heavy atom. The highest BCUT2D eigenvalue weighted by Gasteiger charge is 2.14. The SMILES string of the molecule is Cc1ccc(Cl)c(OCc2cccc([N+](=O)[O-])c2N)c1. The van der Waals surface area contributed by atoms with Crippen LogP contribution in [0.2, 0.25) is 5.02 Å². The molecule has 2 rings (SSSR count). The molecule has 2 aromatic carbocycles. The second kappa shape index (κ2) is 5.79. The minimum atomic E-state index is -0.515. The Labute approximate surface area is 121 Å². The molecule has 0 amide bonds. The van der Waals surface area contributed by atoms with Gasteiger partial charge in [-0.15, -0.1) is 0 Å². The van der Waals surface area contributed by atoms with Gasteiger partial charge in [0.2, 0.25) is 0 Å². The molecule has 20 heavy (non-hydrogen) atoms. The van der Waals surface area contributed by atoms with Crippen LogP contribution in [0.5, 0.6) is 5.75 Å². The second-order valence-electron chi connectivity index (χ2n) is 4.33. The fourth-order valence-corrected chi connectivity index (χ4v) is 1.93. The summed E-state index contributed by atoms with van der Waals surface area (Å²) in [4.78, 5) is 10.3. The van der Waals surface area contributed by atoms with Gasteiger partial charge in [0.1, 0.15) is 18.0 Å². The number of nitrogen functional groups attached to an aromatic ring is 1. The average Bonchev–Trinajstić information content (AvgIpc) is 2.41. The van der Waals surface area contributed by atoms with Crippen molar-refractivity contribution in [1.82, 2.24) is 0 Å². The third kappa shape index (κ3) is 3.00. The first kappa shape index (κ1) is 14.1. The molecule has 0 atom stereocenters. The van der Waals surface area contributed by atoms with Crippen molar-refractivity contribution in [3.05, 3.63) is 62.7 Å². The number of nitro groups is 1. The molecule has 0 aliphatic carbocycles. The summed E-state index contributed by atoms with van der Waals surface area (Å²) in [5, 5.41) is 11.3. The van der Waals surface area contributed by atoms with Gasteiger partial charge in [-0.2, -0.15) is 0 Å². The lowest BCUT2D eigenvalue weighted by Crippen LogP contribution is -2.03. The number of nitrogens with zero attached hydrogens (tertiary/aromatic N) is 1. The zero-order valence-electron chi connectivity index (χ0n) is 10.8. The highest BCUT2D eigenvalue weighted by molar-refractivity contribution is 6.32. The van der Waals surface area contributed by atoms with Crippen molar-refractivity contribution in [2.24, 2.45) is 0 Å². The second-order valence-corrected chi connectivity index (χ2v) is 4.74. The molecule has 6 heteroatoms. The van der Waals surface area contributed by atoms with E-state index >= 15 is 0 Å². The van der Waals surface area contributed by atoms with Crippen molar-refractivity contribution < 1.29 is 9.66 Å². The number of benzene rings is 2. The van der Waals surface area contributed by atoms with Crippen LogP contribution in [0.4, 0.5) is 11.4 Å². The Kier molecular flexibility index (Phi) is 4.10. The van der Waals surface area contributed by atoms with Gasteiger partial charge in [-0.05, 0) is 24.6 Å². The minimum Gasteiger partial charge on any atom is -0.487 e. The monoisotopic (exact) mass is 292 g/mol. The average molecular weight is 293 g/mol. The Hall–Kier alpha value is -2.27. The van der Waals surface area contributed by atoms with E-state index in [1.807, 2.05) is 13.0 Å². The number of halogens is 1. The van der Waals surface area contributed by atoms with E-state index < -0.39 is 4.92 Å². The number of nitro benzene ring substituents is 1. The Bertz CT molecular complexity index is 659. The summed E-state index contributed by atoms with van der Waals surface area (Å²) in [6.45, 7) is 2.04. The topological polar surface area (TPSA) is 78.4 Å². The maximum absolute atomic E-state index is 10.8. The predicted octanol–water partition coefficient (Wildman–Crippen LogP) is 3.72. The largest absolute Gasteiger partial charge is 0.487 e. The standard InChI is InChI=1S/C14H13ClN2O3/c1-9-5-6-11(15)13(7-9)20-8-10-3-2-4-12(14(10)16)17(18)19/h2-7H,8,16H2,1H3. The maximum atomic E-state index is 10.8. The summed E-state index contributed by atoms with van der Waals surface area (Å²) in [7, 11) is 0. The van der Waals surface area contributed by atoms with Crippen molar-refractivity contribution >= 4 is 23.0 Å². The molecule has 2 aromatic rings. The van der Waals surface area contributed by atoms with E-state index in [9.17, 15) is 10.1 Å². The first-order chi connectivity index (χ1) is 9.49. The summed E-state index contributed by atoms with van der Waals surface area (Å²) in [6.07, 6.45) is 0. The smallest absolute Gasteiger partial charge is 0.292 e. The first-order valence-electron chi connectivity index (χ1n) is 5.89. The van der Waals surface area contributed by atoms with E-state index in [1.165, 1.54) is 6.07 Å². The van der Waals surface area contributed by atoms with E-state index in [1.54, 1.807) is 24.3 Å². The van der Waals surface area contributed by atoms with Crippen LogP contribution in [0.25, 0.3) is 0 Å². The van der Waals surface area contributed by atoms with Crippen molar-refractivity contribution in [3.8, 4) is 5.75 Å². The molecule has 0 saturated carbocycles. The van der Waals surface area contributed by atoms with Crippen molar-refractivity contribution in [1.29, 1.82) is 0 Å². The van der Waals surface area contributed by atoms with E-state index in [4.69, 9.17) is 22.1 Å². The number of anilines is 1. The van der Waals surface area contributed by atoms with E-state index in [0.29, 0.717) is 16.3 Å². The molecule has 0 aliphatic rings. The summed E-state index contributed by atoms with van der Waals surface area (Å²) >= 11 is 6.02. The van der Waals surface area contributed by atoms with Gasteiger partial charge in [0, 0.05) is 11.6 Å². The number of aryl methyl sites for hydroxylation is 1. The zero-order chi connectivity index (χ0) is 14.7. The molecule has 104 valence electrons. The van der Waals surface area contributed by atoms with Crippen LogP contribution < -0.4 is 10.5 Å². The van der Waals surface area contributed by atoms with Crippen LogP contribution in [-0.4, -0.2) is 4.92 Å². The molecular formula is C14H13ClN2O3. The molecule has 0 radical (unpaired) electrons. The molecule has 0 bridgehead atoms. The molecule has 5 nitrogen and oxygen atoms in total. The summed E-state index contributed by atoms with van der Waals surface area (Å²) in [5.41, 5.74) is 7.31. The van der Waals surface area contributed by atoms with Crippen LogP contribution in [0.15, 0.2) is 36.4 Å². The van der Waals surface area contributed by atoms with Gasteiger partial charge in [0.25, 0.3) is 5.69 Å². The number of rotatable bonds is 4. The zero-order valence-corrected chi connectivity index (χ0v) is 11.6. The number of nitrogens with two attached hydrogens (primary N) is 1. The third-order valence-electron chi connectivity index (χ3n) is 2.84. The first-order valence-corrected chi connectivity index (χ1v) is 6.27. The Balaban J connectivity index is 2.21. The van der Waals surface area contributed by atoms with Crippen molar-refractivity contribution in [2.45, 2.75) is 13.5 Å². The van der Waals surface area contributed by atoms with E-state index in [2.05, 4.69) is 0 Å². The number of hydrogen-bond donors (Lipinski definition) is 1. The third-order valence-corrected chi connectivity index (χ3v) is 3.15. The van der Waals surface area contributed by atoms with Gasteiger partial charge in [-0.25, -0.2) is 0 Å². The van der Waals surface area contributed by atoms with Crippen LogP contribution >= 0.6 is 11.6 Å². The fraction of sp³-hybridized carbons (Fsp3) is 0.143. The van der Waals surface area contributed by atoms with Crippen molar-refractivity contribution in [3.63, 3.8) is 0 Å². The summed E-state index contributed by atoms with van der Waals surface area (Å²) in [6, 6.07) is 10.0. The Morgan fingerprint density at radius 2 is 2.10 bits per heavy atom. The van der Waals surface area contributed by atoms with Gasteiger partial charge in [0.05, 0.1) is 9.95 Å². The minimum absolute atomic E-state index is 0.112. The highest BCUT2D eigenvalue weighted by atomic mass is 35.5. The molecule has 0 aromatic heterocycles. The lowest BCUT2D eigenvalue weighted by atomic mass is 10.1. The number of para-hydroxylation sites is 1. The van der Waals surface area contributed by atoms with Crippen LogP contribution in [0, 0.1) is 17.0 Å². The van der Waals surface area contributed by atoms with E-state index in [0.717, 1.165) is 5.56 Å². The summed E-state index contributed by atoms with van der Waals surface area (Å²) in [5.74, 6) is 0.526. The normalized spacial score (nSPS) is 10.3. The Morgan fingerprint density at radius 1 is 1.35 bits per heavy atom. The lowest BCUT2D eigenvalue weighted by molar-refractivity contribution is -0.384. The molecular weight excluding hydrogens is 280 g/mol. The predicted molar refractivity (Wildman–Crippen MR) is 78.0 cm³/mol. The van der Waals surface area contributed by atoms with Crippen LogP contribution in [-0.2, 0) is 6.61 Å². The number of ether oxygens (including phenoxy) is 1. The summed E-state index contributed by atoms with van der Waals surface area (Å²) < 4.78 is 5.58. The fourth-order valence-electron chi connectivity index (χ4n) is 1.76.